The molecule has 1 aliphatic rings. The largest absolute Gasteiger partial charge is 0.478 e. The SMILES string of the molecule is CCN(CC)Cc1c(C(=O)NC)sc(NC(=O)OCC2c3ccccc3-c3ccccc32)c1C(=O)O. The summed E-state index contributed by atoms with van der Waals surface area (Å²) in [5, 5.41) is 15.2. The van der Waals surface area contributed by atoms with Crippen LogP contribution in [-0.2, 0) is 11.3 Å². The molecule has 3 aromatic rings. The highest BCUT2D eigenvalue weighted by atomic mass is 32.1. The number of benzene rings is 2. The maximum atomic E-state index is 12.8. The average Bonchev–Trinajstić information content (AvgIpc) is 3.40. The van der Waals surface area contributed by atoms with E-state index in [1.807, 2.05) is 55.1 Å². The molecule has 0 fully saturated rings. The van der Waals surface area contributed by atoms with Gasteiger partial charge in [-0.1, -0.05) is 62.4 Å². The molecule has 0 radical (unpaired) electrons. The van der Waals surface area contributed by atoms with Gasteiger partial charge in [-0.15, -0.1) is 11.3 Å². The van der Waals surface area contributed by atoms with Gasteiger partial charge in [0.2, 0.25) is 0 Å². The van der Waals surface area contributed by atoms with E-state index in [9.17, 15) is 19.5 Å². The van der Waals surface area contributed by atoms with Gasteiger partial charge in [0.25, 0.3) is 5.91 Å². The van der Waals surface area contributed by atoms with Gasteiger partial charge in [0.15, 0.2) is 0 Å². The Kier molecular flexibility index (Phi) is 7.71. The first-order valence-corrected chi connectivity index (χ1v) is 12.7. The summed E-state index contributed by atoms with van der Waals surface area (Å²) in [7, 11) is 1.49. The van der Waals surface area contributed by atoms with Crippen molar-refractivity contribution in [3.8, 4) is 11.1 Å². The number of carbonyl (C=O) groups excluding carboxylic acids is 2. The molecule has 9 heteroatoms. The molecule has 1 aliphatic carbocycles. The van der Waals surface area contributed by atoms with Gasteiger partial charge < -0.3 is 15.2 Å². The highest BCUT2D eigenvalue weighted by molar-refractivity contribution is 7.18. The third-order valence-electron chi connectivity index (χ3n) is 6.49. The van der Waals surface area contributed by atoms with Crippen molar-refractivity contribution in [2.24, 2.45) is 0 Å². The number of carbonyl (C=O) groups is 3. The lowest BCUT2D eigenvalue weighted by atomic mass is 9.98. The van der Waals surface area contributed by atoms with Crippen molar-refractivity contribution >= 4 is 34.3 Å². The molecule has 0 aliphatic heterocycles. The fraction of sp³-hybridized carbons (Fsp3) is 0.296. The van der Waals surface area contributed by atoms with Crippen molar-refractivity contribution < 1.29 is 24.2 Å². The molecule has 1 heterocycles. The van der Waals surface area contributed by atoms with Crippen LogP contribution in [0, 0.1) is 0 Å². The summed E-state index contributed by atoms with van der Waals surface area (Å²) >= 11 is 0.942. The number of hydrogen-bond acceptors (Lipinski definition) is 6. The summed E-state index contributed by atoms with van der Waals surface area (Å²) in [6, 6.07) is 16.0. The molecular formula is C27H29N3O5S. The first-order chi connectivity index (χ1) is 17.4. The van der Waals surface area contributed by atoms with E-state index >= 15 is 0 Å². The van der Waals surface area contributed by atoms with Crippen LogP contribution in [0.3, 0.4) is 0 Å². The lowest BCUT2D eigenvalue weighted by Gasteiger charge is -2.19. The quantitative estimate of drug-likeness (QED) is 0.376. The molecule has 0 unspecified atom stereocenters. The Morgan fingerprint density at radius 1 is 1.00 bits per heavy atom. The van der Waals surface area contributed by atoms with Gasteiger partial charge in [-0.05, 0) is 35.3 Å². The Labute approximate surface area is 213 Å². The zero-order valence-corrected chi connectivity index (χ0v) is 21.3. The number of hydrogen-bond donors (Lipinski definition) is 3. The van der Waals surface area contributed by atoms with Crippen LogP contribution < -0.4 is 10.6 Å². The minimum Gasteiger partial charge on any atom is -0.478 e. The Morgan fingerprint density at radius 3 is 2.11 bits per heavy atom. The second-order valence-corrected chi connectivity index (χ2v) is 9.43. The molecule has 0 spiro atoms. The zero-order valence-electron chi connectivity index (χ0n) is 20.5. The van der Waals surface area contributed by atoms with E-state index in [1.54, 1.807) is 0 Å². The van der Waals surface area contributed by atoms with E-state index in [2.05, 4.69) is 22.8 Å². The third-order valence-corrected chi connectivity index (χ3v) is 7.64. The summed E-state index contributed by atoms with van der Waals surface area (Å²) in [5.74, 6) is -1.73. The van der Waals surface area contributed by atoms with Crippen LogP contribution in [0.15, 0.2) is 48.5 Å². The second kappa shape index (κ2) is 10.9. The molecule has 3 N–H and O–H groups in total. The third kappa shape index (κ3) is 4.84. The lowest BCUT2D eigenvalue weighted by molar-refractivity contribution is 0.0696. The lowest BCUT2D eigenvalue weighted by Crippen LogP contribution is -2.26. The molecule has 0 bridgehead atoms. The molecule has 188 valence electrons. The number of carboxylic acid groups (broad SMARTS) is 1. The van der Waals surface area contributed by atoms with Gasteiger partial charge in [-0.3, -0.25) is 15.0 Å². The molecule has 0 atom stereocenters. The van der Waals surface area contributed by atoms with Gasteiger partial charge in [0.1, 0.15) is 11.6 Å². The van der Waals surface area contributed by atoms with E-state index in [1.165, 1.54) is 7.05 Å². The zero-order chi connectivity index (χ0) is 25.8. The molecule has 0 saturated heterocycles. The smallest absolute Gasteiger partial charge is 0.412 e. The molecule has 2 aromatic carbocycles. The highest BCUT2D eigenvalue weighted by Crippen LogP contribution is 2.44. The monoisotopic (exact) mass is 507 g/mol. The van der Waals surface area contributed by atoms with Crippen molar-refractivity contribution in [2.45, 2.75) is 26.3 Å². The van der Waals surface area contributed by atoms with Crippen LogP contribution in [0.4, 0.5) is 9.80 Å². The standard InChI is InChI=1S/C27H29N3O5S/c1-4-30(5-2)14-20-22(26(32)33)25(36-23(20)24(31)28-3)29-27(34)35-15-21-18-12-8-6-10-16(18)17-11-7-9-13-19(17)21/h6-13,21H,4-5,14-15H2,1-3H3,(H,28,31)(H,29,34)(H,32,33). The number of rotatable bonds is 9. The topological polar surface area (TPSA) is 108 Å². The van der Waals surface area contributed by atoms with Crippen LogP contribution in [0.5, 0.6) is 0 Å². The summed E-state index contributed by atoms with van der Waals surface area (Å²) in [6.45, 7) is 5.68. The second-order valence-electron chi connectivity index (χ2n) is 8.41. The van der Waals surface area contributed by atoms with Crippen molar-refractivity contribution in [1.29, 1.82) is 0 Å². The van der Waals surface area contributed by atoms with E-state index in [-0.39, 0.29) is 34.5 Å². The van der Waals surface area contributed by atoms with Crippen molar-refractivity contribution in [1.82, 2.24) is 10.2 Å². The predicted octanol–water partition coefficient (Wildman–Crippen LogP) is 5.01. The number of amides is 2. The number of ether oxygens (including phenoxy) is 1. The minimum absolute atomic E-state index is 0.0838. The molecule has 36 heavy (non-hydrogen) atoms. The molecular weight excluding hydrogens is 478 g/mol. The van der Waals surface area contributed by atoms with Crippen LogP contribution >= 0.6 is 11.3 Å². The minimum atomic E-state index is -1.21. The molecule has 2 amide bonds. The van der Waals surface area contributed by atoms with Crippen molar-refractivity contribution in [3.63, 3.8) is 0 Å². The number of aromatic carboxylic acids is 1. The average molecular weight is 508 g/mol. The van der Waals surface area contributed by atoms with Gasteiger partial charge in [-0.2, -0.15) is 0 Å². The van der Waals surface area contributed by atoms with Crippen molar-refractivity contribution in [2.75, 3.05) is 32.1 Å². The molecule has 4 rings (SSSR count). The number of nitrogens with one attached hydrogen (secondary N) is 2. The first kappa shape index (κ1) is 25.4. The molecule has 8 nitrogen and oxygen atoms in total. The predicted molar refractivity (Wildman–Crippen MR) is 140 cm³/mol. The van der Waals surface area contributed by atoms with E-state index in [0.29, 0.717) is 18.7 Å². The Morgan fingerprint density at radius 2 is 1.58 bits per heavy atom. The number of thiophene rings is 1. The molecule has 0 saturated carbocycles. The maximum absolute atomic E-state index is 12.8. The Balaban J connectivity index is 1.57. The van der Waals surface area contributed by atoms with E-state index in [0.717, 1.165) is 33.6 Å². The van der Waals surface area contributed by atoms with Crippen LogP contribution in [-0.4, -0.2) is 54.7 Å². The normalized spacial score (nSPS) is 12.2. The Hall–Kier alpha value is -3.69. The Bertz CT molecular complexity index is 1250. The van der Waals surface area contributed by atoms with Crippen LogP contribution in [0.1, 0.15) is 56.5 Å². The van der Waals surface area contributed by atoms with E-state index in [4.69, 9.17) is 4.74 Å². The summed E-state index contributed by atoms with van der Waals surface area (Å²) in [4.78, 5) is 39.9. The fourth-order valence-electron chi connectivity index (χ4n) is 4.63. The summed E-state index contributed by atoms with van der Waals surface area (Å²) in [6.07, 6.45) is -0.765. The van der Waals surface area contributed by atoms with Gasteiger partial charge in [0, 0.05) is 25.1 Å². The number of anilines is 1. The van der Waals surface area contributed by atoms with Crippen molar-refractivity contribution in [3.05, 3.63) is 75.7 Å². The van der Waals surface area contributed by atoms with Crippen LogP contribution in [0.2, 0.25) is 0 Å². The number of carboxylic acids is 1. The highest BCUT2D eigenvalue weighted by Gasteiger charge is 2.31. The van der Waals surface area contributed by atoms with E-state index < -0.39 is 18.0 Å². The summed E-state index contributed by atoms with van der Waals surface area (Å²) in [5.41, 5.74) is 4.69. The van der Waals surface area contributed by atoms with Gasteiger partial charge in [0.05, 0.1) is 10.4 Å². The summed E-state index contributed by atoms with van der Waals surface area (Å²) < 4.78 is 5.59. The molecule has 1 aromatic heterocycles. The maximum Gasteiger partial charge on any atom is 0.412 e. The first-order valence-electron chi connectivity index (χ1n) is 11.8. The van der Waals surface area contributed by atoms with Gasteiger partial charge >= 0.3 is 12.1 Å². The number of nitrogens with zero attached hydrogens (tertiary/aromatic N) is 1. The number of fused-ring (bicyclic) bond motifs is 3. The van der Waals surface area contributed by atoms with Crippen LogP contribution in [0.25, 0.3) is 11.1 Å². The fourth-order valence-corrected chi connectivity index (χ4v) is 5.76. The van der Waals surface area contributed by atoms with Gasteiger partial charge in [-0.25, -0.2) is 9.59 Å².